The molecule has 0 bridgehead atoms. The van der Waals surface area contributed by atoms with E-state index in [9.17, 15) is 15.0 Å². The number of aromatic hydroxyl groups is 1. The number of para-hydroxylation sites is 1. The van der Waals surface area contributed by atoms with Gasteiger partial charge in [0.25, 0.3) is 0 Å². The van der Waals surface area contributed by atoms with E-state index < -0.39 is 11.4 Å². The summed E-state index contributed by atoms with van der Waals surface area (Å²) in [6.45, 7) is 7.32. The second-order valence-corrected chi connectivity index (χ2v) is 5.64. The van der Waals surface area contributed by atoms with Crippen LogP contribution in [-0.4, -0.2) is 20.7 Å². The molecule has 0 aliphatic heterocycles. The first-order valence-electron chi connectivity index (χ1n) is 6.33. The van der Waals surface area contributed by atoms with Gasteiger partial charge in [-0.3, -0.25) is 4.79 Å². The summed E-state index contributed by atoms with van der Waals surface area (Å²) in [5.41, 5.74) is 0.392. The highest BCUT2D eigenvalue weighted by Crippen LogP contribution is 2.36. The van der Waals surface area contributed by atoms with Gasteiger partial charge in [-0.2, -0.15) is 0 Å². The molecule has 0 fully saturated rings. The molecule has 0 unspecified atom stereocenters. The summed E-state index contributed by atoms with van der Waals surface area (Å²) in [5.74, 6) is -0.699. The number of aliphatic carboxylic acids is 1. The number of carboxylic acid groups (broad SMARTS) is 1. The van der Waals surface area contributed by atoms with Gasteiger partial charge >= 0.3 is 5.97 Å². The molecule has 1 aromatic heterocycles. The fourth-order valence-corrected chi connectivity index (χ4v) is 2.39. The van der Waals surface area contributed by atoms with Crippen LogP contribution < -0.4 is 0 Å². The first kappa shape index (κ1) is 13.5. The highest BCUT2D eigenvalue weighted by atomic mass is 16.4. The Balaban J connectivity index is 2.86. The van der Waals surface area contributed by atoms with Gasteiger partial charge in [-0.25, -0.2) is 0 Å². The number of hydrogen-bond donors (Lipinski definition) is 2. The Morgan fingerprint density at radius 1 is 1.32 bits per heavy atom. The number of rotatable bonds is 3. The Bertz CT molecular complexity index is 638. The molecule has 4 nitrogen and oxygen atoms in total. The van der Waals surface area contributed by atoms with Crippen LogP contribution in [-0.2, 0) is 10.2 Å². The summed E-state index contributed by atoms with van der Waals surface area (Å²) in [4.78, 5) is 11.5. The number of carboxylic acids is 1. The minimum atomic E-state index is -1.00. The lowest BCUT2D eigenvalue weighted by molar-refractivity contribution is -0.142. The van der Waals surface area contributed by atoms with Crippen molar-refractivity contribution in [3.05, 3.63) is 30.0 Å². The number of nitrogens with zero attached hydrogens (tertiary/aromatic N) is 1. The number of hydrogen-bond acceptors (Lipinski definition) is 2. The minimum absolute atomic E-state index is 0.0689. The maximum atomic E-state index is 11.5. The normalized spacial score (nSPS) is 12.3. The summed E-state index contributed by atoms with van der Waals surface area (Å²) in [7, 11) is 0. The quantitative estimate of drug-likeness (QED) is 0.891. The molecule has 0 aliphatic carbocycles. The fraction of sp³-hybridized carbons (Fsp3) is 0.400. The first-order valence-corrected chi connectivity index (χ1v) is 6.33. The molecular formula is C15H19NO3. The molecule has 0 amide bonds. The van der Waals surface area contributed by atoms with Crippen molar-refractivity contribution in [3.63, 3.8) is 0 Å². The molecule has 0 aliphatic rings. The zero-order valence-corrected chi connectivity index (χ0v) is 11.6. The average Bonchev–Trinajstić information content (AvgIpc) is 2.70. The summed E-state index contributed by atoms with van der Waals surface area (Å²) >= 11 is 0. The Labute approximate surface area is 112 Å². The Morgan fingerprint density at radius 3 is 2.47 bits per heavy atom. The molecule has 0 saturated carbocycles. The first-order chi connectivity index (χ1) is 8.76. The second-order valence-electron chi connectivity index (χ2n) is 5.64. The van der Waals surface area contributed by atoms with Gasteiger partial charge in [0.2, 0.25) is 0 Å². The van der Waals surface area contributed by atoms with E-state index in [2.05, 4.69) is 0 Å². The molecular weight excluding hydrogens is 242 g/mol. The highest BCUT2D eigenvalue weighted by molar-refractivity contribution is 5.90. The molecule has 102 valence electrons. The van der Waals surface area contributed by atoms with Crippen molar-refractivity contribution in [2.45, 2.75) is 39.2 Å². The Kier molecular flexibility index (Phi) is 3.04. The average molecular weight is 261 g/mol. The van der Waals surface area contributed by atoms with E-state index in [0.717, 1.165) is 5.39 Å². The van der Waals surface area contributed by atoms with Gasteiger partial charge in [0.1, 0.15) is 11.2 Å². The fourth-order valence-electron chi connectivity index (χ4n) is 2.39. The predicted octanol–water partition coefficient (Wildman–Crippen LogP) is 3.29. The van der Waals surface area contributed by atoms with E-state index in [0.29, 0.717) is 11.2 Å². The van der Waals surface area contributed by atoms with Crippen molar-refractivity contribution in [1.29, 1.82) is 0 Å². The van der Waals surface area contributed by atoms with Crippen LogP contribution in [0.5, 0.6) is 5.75 Å². The van der Waals surface area contributed by atoms with Crippen LogP contribution in [0.2, 0.25) is 0 Å². The van der Waals surface area contributed by atoms with Crippen LogP contribution in [0.1, 0.15) is 39.4 Å². The zero-order chi connectivity index (χ0) is 14.4. The molecule has 1 aromatic carbocycles. The van der Waals surface area contributed by atoms with Gasteiger partial charge < -0.3 is 14.8 Å². The van der Waals surface area contributed by atoms with E-state index in [1.54, 1.807) is 26.0 Å². The predicted molar refractivity (Wildman–Crippen MR) is 74.6 cm³/mol. The minimum Gasteiger partial charge on any atom is -0.506 e. The van der Waals surface area contributed by atoms with Crippen molar-refractivity contribution < 1.29 is 15.0 Å². The zero-order valence-electron chi connectivity index (χ0n) is 11.6. The van der Waals surface area contributed by atoms with E-state index in [-0.39, 0.29) is 11.8 Å². The lowest BCUT2D eigenvalue weighted by Crippen LogP contribution is -2.31. The number of carbonyl (C=O) groups is 1. The molecule has 1 heterocycles. The second kappa shape index (κ2) is 4.30. The maximum Gasteiger partial charge on any atom is 0.315 e. The number of fused-ring (bicyclic) bond motifs is 1. The van der Waals surface area contributed by atoms with Gasteiger partial charge in [-0.05, 0) is 39.8 Å². The topological polar surface area (TPSA) is 62.5 Å². The molecule has 0 atom stereocenters. The summed E-state index contributed by atoms with van der Waals surface area (Å²) in [5, 5.41) is 20.3. The number of phenolic OH excluding ortho intramolecular Hbond substituents is 1. The van der Waals surface area contributed by atoms with Crippen molar-refractivity contribution >= 4 is 16.9 Å². The lowest BCUT2D eigenvalue weighted by atomic mass is 9.89. The number of aromatic nitrogens is 1. The third-order valence-electron chi connectivity index (χ3n) is 3.53. The van der Waals surface area contributed by atoms with E-state index in [4.69, 9.17) is 0 Å². The van der Waals surface area contributed by atoms with Gasteiger partial charge in [0, 0.05) is 17.1 Å². The summed E-state index contributed by atoms with van der Waals surface area (Å²) in [6, 6.07) is 7.19. The van der Waals surface area contributed by atoms with Crippen LogP contribution in [0, 0.1) is 0 Å². The monoisotopic (exact) mass is 261 g/mol. The van der Waals surface area contributed by atoms with Gasteiger partial charge in [0.15, 0.2) is 0 Å². The largest absolute Gasteiger partial charge is 0.506 e. The Morgan fingerprint density at radius 2 is 1.95 bits per heavy atom. The third-order valence-corrected chi connectivity index (χ3v) is 3.53. The van der Waals surface area contributed by atoms with Crippen molar-refractivity contribution in [2.24, 2.45) is 0 Å². The molecule has 0 saturated heterocycles. The van der Waals surface area contributed by atoms with Gasteiger partial charge in [0.05, 0.1) is 5.52 Å². The lowest BCUT2D eigenvalue weighted by Gasteiger charge is -2.24. The molecule has 19 heavy (non-hydrogen) atoms. The maximum absolute atomic E-state index is 11.5. The Hall–Kier alpha value is -1.97. The highest BCUT2D eigenvalue weighted by Gasteiger charge is 2.34. The molecule has 2 rings (SSSR count). The number of benzene rings is 1. The van der Waals surface area contributed by atoms with Gasteiger partial charge in [-0.1, -0.05) is 12.1 Å². The standard InChI is InChI=1S/C15H19NO3/c1-9(2)16-12(15(3,4)14(18)19)8-10-6-5-7-11(17)13(10)16/h5-9,17H,1-4H3,(H,18,19). The van der Waals surface area contributed by atoms with Crippen LogP contribution in [0.3, 0.4) is 0 Å². The van der Waals surface area contributed by atoms with Crippen molar-refractivity contribution in [1.82, 2.24) is 4.57 Å². The van der Waals surface area contributed by atoms with Crippen LogP contribution in [0.15, 0.2) is 24.3 Å². The van der Waals surface area contributed by atoms with Crippen LogP contribution in [0.25, 0.3) is 10.9 Å². The summed E-state index contributed by atoms with van der Waals surface area (Å²) in [6.07, 6.45) is 0. The molecule has 0 spiro atoms. The van der Waals surface area contributed by atoms with Gasteiger partial charge in [-0.15, -0.1) is 0 Å². The van der Waals surface area contributed by atoms with Crippen molar-refractivity contribution in [2.75, 3.05) is 0 Å². The molecule has 2 N–H and O–H groups in total. The van der Waals surface area contributed by atoms with Crippen LogP contribution >= 0.6 is 0 Å². The smallest absolute Gasteiger partial charge is 0.315 e. The van der Waals surface area contributed by atoms with Crippen LogP contribution in [0.4, 0.5) is 0 Å². The summed E-state index contributed by atoms with van der Waals surface area (Å²) < 4.78 is 1.90. The van der Waals surface area contributed by atoms with E-state index in [1.165, 1.54) is 0 Å². The SMILES string of the molecule is CC(C)n1c(C(C)(C)C(=O)O)cc2cccc(O)c21. The molecule has 2 aromatic rings. The number of phenols is 1. The third kappa shape index (κ3) is 1.97. The van der Waals surface area contributed by atoms with E-state index in [1.807, 2.05) is 30.5 Å². The van der Waals surface area contributed by atoms with Crippen molar-refractivity contribution in [3.8, 4) is 5.75 Å². The molecule has 4 heteroatoms. The van der Waals surface area contributed by atoms with E-state index >= 15 is 0 Å². The molecule has 0 radical (unpaired) electrons.